The summed E-state index contributed by atoms with van der Waals surface area (Å²) in [6.45, 7) is 4.29. The molecule has 1 heterocycles. The summed E-state index contributed by atoms with van der Waals surface area (Å²) in [7, 11) is 0. The summed E-state index contributed by atoms with van der Waals surface area (Å²) in [5.41, 5.74) is 11.4. The van der Waals surface area contributed by atoms with Crippen LogP contribution >= 0.6 is 0 Å². The van der Waals surface area contributed by atoms with Gasteiger partial charge in [-0.1, -0.05) is 54.1 Å². The molecule has 0 aliphatic carbocycles. The first-order valence-electron chi connectivity index (χ1n) is 7.57. The number of nitrogens with two attached hydrogens (primary N) is 1. The molecule has 0 saturated carbocycles. The van der Waals surface area contributed by atoms with E-state index in [1.54, 1.807) is 0 Å². The van der Waals surface area contributed by atoms with Crippen molar-refractivity contribution in [3.63, 3.8) is 0 Å². The zero-order chi connectivity index (χ0) is 14.8. The highest BCUT2D eigenvalue weighted by atomic mass is 14.9. The van der Waals surface area contributed by atoms with Crippen molar-refractivity contribution in [1.82, 2.24) is 0 Å². The minimum atomic E-state index is 0.184. The van der Waals surface area contributed by atoms with E-state index in [9.17, 15) is 0 Å². The van der Waals surface area contributed by atoms with E-state index in [4.69, 9.17) is 5.73 Å². The Morgan fingerprint density at radius 3 is 2.43 bits per heavy atom. The standard InChI is InChI=1S/C19H22N2/c1-13-7-9-15(10-8-13)18-11-16(12-19(20)21-18)17-6-4-3-5-14(17)2/h3-10,16,18H,11-12H2,1-2H3,(H2,20,21). The van der Waals surface area contributed by atoms with Gasteiger partial charge in [0.25, 0.3) is 0 Å². The summed E-state index contributed by atoms with van der Waals surface area (Å²) in [4.78, 5) is 4.68. The van der Waals surface area contributed by atoms with Crippen molar-refractivity contribution in [2.24, 2.45) is 10.7 Å². The summed E-state index contributed by atoms with van der Waals surface area (Å²) >= 11 is 0. The number of rotatable bonds is 2. The second kappa shape index (κ2) is 5.72. The molecule has 108 valence electrons. The van der Waals surface area contributed by atoms with Gasteiger partial charge >= 0.3 is 0 Å². The quantitative estimate of drug-likeness (QED) is 0.875. The molecule has 0 saturated heterocycles. The predicted octanol–water partition coefficient (Wildman–Crippen LogP) is 4.28. The lowest BCUT2D eigenvalue weighted by Crippen LogP contribution is -2.24. The SMILES string of the molecule is Cc1ccc(C2CC(c3ccccc3C)CC(N)=N2)cc1. The van der Waals surface area contributed by atoms with Crippen LogP contribution in [0.4, 0.5) is 0 Å². The van der Waals surface area contributed by atoms with E-state index < -0.39 is 0 Å². The largest absolute Gasteiger partial charge is 0.387 e. The Hall–Kier alpha value is -2.09. The topological polar surface area (TPSA) is 38.4 Å². The van der Waals surface area contributed by atoms with Crippen LogP contribution in [0.2, 0.25) is 0 Å². The average molecular weight is 278 g/mol. The van der Waals surface area contributed by atoms with Gasteiger partial charge in [-0.25, -0.2) is 0 Å². The molecule has 21 heavy (non-hydrogen) atoms. The molecule has 0 spiro atoms. The smallest absolute Gasteiger partial charge is 0.0950 e. The maximum Gasteiger partial charge on any atom is 0.0950 e. The molecule has 2 atom stereocenters. The molecular formula is C19H22N2. The monoisotopic (exact) mass is 278 g/mol. The van der Waals surface area contributed by atoms with Gasteiger partial charge in [0.1, 0.15) is 0 Å². The molecule has 0 aromatic heterocycles. The fourth-order valence-electron chi connectivity index (χ4n) is 3.19. The molecule has 2 aromatic rings. The Morgan fingerprint density at radius 2 is 1.71 bits per heavy atom. The van der Waals surface area contributed by atoms with Gasteiger partial charge in [0, 0.05) is 6.42 Å². The van der Waals surface area contributed by atoms with Gasteiger partial charge in [-0.05, 0) is 42.9 Å². The second-order valence-electron chi connectivity index (χ2n) is 6.04. The maximum atomic E-state index is 6.12. The van der Waals surface area contributed by atoms with Gasteiger partial charge in [-0.3, -0.25) is 4.99 Å². The Labute approximate surface area is 126 Å². The number of benzene rings is 2. The van der Waals surface area contributed by atoms with Crippen molar-refractivity contribution in [2.45, 2.75) is 38.6 Å². The van der Waals surface area contributed by atoms with E-state index in [-0.39, 0.29) is 6.04 Å². The zero-order valence-corrected chi connectivity index (χ0v) is 12.7. The first kappa shape index (κ1) is 13.9. The highest BCUT2D eigenvalue weighted by molar-refractivity contribution is 5.82. The van der Waals surface area contributed by atoms with E-state index in [1.165, 1.54) is 22.3 Å². The Morgan fingerprint density at radius 1 is 1.00 bits per heavy atom. The highest BCUT2D eigenvalue weighted by Crippen LogP contribution is 2.37. The number of aliphatic imine (C=N–C) groups is 1. The molecule has 1 aliphatic rings. The lowest BCUT2D eigenvalue weighted by Gasteiger charge is -2.28. The van der Waals surface area contributed by atoms with Crippen LogP contribution in [0.25, 0.3) is 0 Å². The van der Waals surface area contributed by atoms with Crippen LogP contribution in [0.3, 0.4) is 0 Å². The highest BCUT2D eigenvalue weighted by Gasteiger charge is 2.25. The third-order valence-electron chi connectivity index (χ3n) is 4.38. The van der Waals surface area contributed by atoms with Crippen molar-refractivity contribution in [3.8, 4) is 0 Å². The van der Waals surface area contributed by atoms with E-state index in [0.29, 0.717) is 5.92 Å². The fourth-order valence-corrected chi connectivity index (χ4v) is 3.19. The third-order valence-corrected chi connectivity index (χ3v) is 4.38. The first-order chi connectivity index (χ1) is 10.1. The van der Waals surface area contributed by atoms with Crippen molar-refractivity contribution >= 4 is 5.84 Å². The van der Waals surface area contributed by atoms with Gasteiger partial charge < -0.3 is 5.73 Å². The van der Waals surface area contributed by atoms with Gasteiger partial charge in [-0.2, -0.15) is 0 Å². The van der Waals surface area contributed by atoms with Crippen LogP contribution in [0.5, 0.6) is 0 Å². The van der Waals surface area contributed by atoms with E-state index in [2.05, 4.69) is 67.4 Å². The normalized spacial score (nSPS) is 21.9. The molecular weight excluding hydrogens is 256 g/mol. The molecule has 0 fully saturated rings. The third kappa shape index (κ3) is 2.99. The average Bonchev–Trinajstić information content (AvgIpc) is 2.48. The Bertz CT molecular complexity index is 656. The van der Waals surface area contributed by atoms with E-state index >= 15 is 0 Å². The summed E-state index contributed by atoms with van der Waals surface area (Å²) in [6.07, 6.45) is 1.90. The fraction of sp³-hybridized carbons (Fsp3) is 0.316. The van der Waals surface area contributed by atoms with Crippen LogP contribution in [-0.4, -0.2) is 5.84 Å². The van der Waals surface area contributed by atoms with Gasteiger partial charge in [0.15, 0.2) is 0 Å². The van der Waals surface area contributed by atoms with Crippen molar-refractivity contribution in [2.75, 3.05) is 0 Å². The van der Waals surface area contributed by atoms with Crippen molar-refractivity contribution < 1.29 is 0 Å². The molecule has 0 bridgehead atoms. The Kier molecular flexibility index (Phi) is 3.78. The van der Waals surface area contributed by atoms with Crippen LogP contribution < -0.4 is 5.73 Å². The number of hydrogen-bond acceptors (Lipinski definition) is 2. The van der Waals surface area contributed by atoms with Crippen molar-refractivity contribution in [1.29, 1.82) is 0 Å². The van der Waals surface area contributed by atoms with Gasteiger partial charge in [0.2, 0.25) is 0 Å². The molecule has 2 aromatic carbocycles. The summed E-state index contributed by atoms with van der Waals surface area (Å²) in [6, 6.07) is 17.5. The van der Waals surface area contributed by atoms with Gasteiger partial charge in [0.05, 0.1) is 11.9 Å². The summed E-state index contributed by atoms with van der Waals surface area (Å²) < 4.78 is 0. The Balaban J connectivity index is 1.89. The molecule has 2 N–H and O–H groups in total. The minimum Gasteiger partial charge on any atom is -0.387 e. The molecule has 0 radical (unpaired) electrons. The van der Waals surface area contributed by atoms with Crippen LogP contribution in [0, 0.1) is 13.8 Å². The lowest BCUT2D eigenvalue weighted by molar-refractivity contribution is 0.525. The van der Waals surface area contributed by atoms with Gasteiger partial charge in [-0.15, -0.1) is 0 Å². The lowest BCUT2D eigenvalue weighted by atomic mass is 9.83. The van der Waals surface area contributed by atoms with Crippen molar-refractivity contribution in [3.05, 3.63) is 70.8 Å². The molecule has 2 heteroatoms. The minimum absolute atomic E-state index is 0.184. The number of aryl methyl sites for hydroxylation is 2. The number of nitrogens with zero attached hydrogens (tertiary/aromatic N) is 1. The predicted molar refractivity (Wildman–Crippen MR) is 88.7 cm³/mol. The molecule has 0 amide bonds. The second-order valence-corrected chi connectivity index (χ2v) is 6.04. The molecule has 2 unspecified atom stereocenters. The first-order valence-corrected chi connectivity index (χ1v) is 7.57. The maximum absolute atomic E-state index is 6.12. The van der Waals surface area contributed by atoms with Crippen LogP contribution in [0.1, 0.15) is 47.1 Å². The summed E-state index contributed by atoms with van der Waals surface area (Å²) in [5, 5.41) is 0. The molecule has 1 aliphatic heterocycles. The number of hydrogen-bond donors (Lipinski definition) is 1. The van der Waals surface area contributed by atoms with Crippen LogP contribution in [0.15, 0.2) is 53.5 Å². The van der Waals surface area contributed by atoms with E-state index in [0.717, 1.165) is 18.7 Å². The molecule has 2 nitrogen and oxygen atoms in total. The van der Waals surface area contributed by atoms with E-state index in [1.807, 2.05) is 0 Å². The van der Waals surface area contributed by atoms with Crippen LogP contribution in [-0.2, 0) is 0 Å². The molecule has 3 rings (SSSR count). The summed E-state index contributed by atoms with van der Waals surface area (Å²) in [5.74, 6) is 1.25. The number of amidine groups is 1. The zero-order valence-electron chi connectivity index (χ0n) is 12.7.